The third-order valence-corrected chi connectivity index (χ3v) is 5.51. The van der Waals surface area contributed by atoms with Crippen LogP contribution < -0.4 is 4.74 Å². The lowest BCUT2D eigenvalue weighted by atomic mass is 10.0. The van der Waals surface area contributed by atoms with Crippen LogP contribution in [0.25, 0.3) is 11.3 Å². The summed E-state index contributed by atoms with van der Waals surface area (Å²) in [6.07, 6.45) is 1.78. The van der Waals surface area contributed by atoms with E-state index in [0.717, 1.165) is 61.4 Å². The number of fused-ring (bicyclic) bond motifs is 1. The van der Waals surface area contributed by atoms with Gasteiger partial charge < -0.3 is 14.7 Å². The number of hydrogen-bond donors (Lipinski definition) is 1. The molecule has 27 heavy (non-hydrogen) atoms. The number of carboxylic acid groups (broad SMARTS) is 1. The molecule has 0 amide bonds. The highest BCUT2D eigenvalue weighted by molar-refractivity contribution is 5.69. The van der Waals surface area contributed by atoms with Gasteiger partial charge in [-0.05, 0) is 49.2 Å². The molecule has 3 heterocycles. The van der Waals surface area contributed by atoms with Crippen LogP contribution in [0.5, 0.6) is 5.75 Å². The van der Waals surface area contributed by atoms with Gasteiger partial charge in [0.25, 0.3) is 0 Å². The highest BCUT2D eigenvalue weighted by Gasteiger charge is 2.38. The average molecular weight is 367 g/mol. The minimum Gasteiger partial charge on any atom is -0.482 e. The minimum atomic E-state index is -0.964. The summed E-state index contributed by atoms with van der Waals surface area (Å²) in [6, 6.07) is 11.7. The van der Waals surface area contributed by atoms with E-state index in [-0.39, 0.29) is 6.61 Å². The number of likely N-dealkylation sites (tertiary alicyclic amines) is 2. The number of nitrogens with zero attached hydrogens (tertiary/aromatic N) is 3. The monoisotopic (exact) mass is 367 g/mol. The second kappa shape index (κ2) is 7.66. The first-order chi connectivity index (χ1) is 13.1. The van der Waals surface area contributed by atoms with E-state index in [9.17, 15) is 4.79 Å². The number of ether oxygens (including phenoxy) is 1. The Kier molecular flexibility index (Phi) is 5.09. The van der Waals surface area contributed by atoms with E-state index in [1.165, 1.54) is 0 Å². The second-order valence-corrected chi connectivity index (χ2v) is 7.66. The molecule has 1 aromatic carbocycles. The lowest BCUT2D eigenvalue weighted by Crippen LogP contribution is -2.26. The molecule has 4 rings (SSSR count). The predicted molar refractivity (Wildman–Crippen MR) is 103 cm³/mol. The molecule has 142 valence electrons. The smallest absolute Gasteiger partial charge is 0.341 e. The molecule has 0 saturated carbocycles. The number of aliphatic carboxylic acids is 1. The highest BCUT2D eigenvalue weighted by atomic mass is 16.5. The fourth-order valence-corrected chi connectivity index (χ4v) is 4.37. The van der Waals surface area contributed by atoms with E-state index in [4.69, 9.17) is 9.84 Å². The normalized spacial score (nSPS) is 22.7. The third-order valence-electron chi connectivity index (χ3n) is 5.51. The molecule has 0 bridgehead atoms. The van der Waals surface area contributed by atoms with E-state index in [2.05, 4.69) is 27.9 Å². The average Bonchev–Trinajstić information content (AvgIpc) is 3.17. The number of aromatic nitrogens is 1. The zero-order chi connectivity index (χ0) is 18.8. The Labute approximate surface area is 159 Å². The summed E-state index contributed by atoms with van der Waals surface area (Å²) in [5, 5.41) is 8.97. The Morgan fingerprint density at radius 1 is 1.19 bits per heavy atom. The summed E-state index contributed by atoms with van der Waals surface area (Å²) in [4.78, 5) is 20.2. The van der Waals surface area contributed by atoms with Gasteiger partial charge in [-0.3, -0.25) is 9.88 Å². The van der Waals surface area contributed by atoms with Gasteiger partial charge in [0.15, 0.2) is 6.61 Å². The van der Waals surface area contributed by atoms with Crippen LogP contribution in [0.1, 0.15) is 5.56 Å². The van der Waals surface area contributed by atoms with Crippen molar-refractivity contribution >= 4 is 5.97 Å². The van der Waals surface area contributed by atoms with Gasteiger partial charge in [-0.2, -0.15) is 0 Å². The molecule has 2 atom stereocenters. The van der Waals surface area contributed by atoms with Crippen molar-refractivity contribution in [3.05, 3.63) is 48.2 Å². The van der Waals surface area contributed by atoms with Gasteiger partial charge in [-0.1, -0.05) is 6.07 Å². The first-order valence-electron chi connectivity index (χ1n) is 9.38. The summed E-state index contributed by atoms with van der Waals surface area (Å²) >= 11 is 0. The molecule has 0 radical (unpaired) electrons. The van der Waals surface area contributed by atoms with Crippen molar-refractivity contribution in [3.63, 3.8) is 0 Å². The first-order valence-corrected chi connectivity index (χ1v) is 9.38. The quantitative estimate of drug-likeness (QED) is 0.844. The van der Waals surface area contributed by atoms with Crippen LogP contribution >= 0.6 is 0 Å². The largest absolute Gasteiger partial charge is 0.482 e. The van der Waals surface area contributed by atoms with Crippen molar-refractivity contribution < 1.29 is 14.6 Å². The number of carboxylic acids is 1. The molecule has 2 fully saturated rings. The highest BCUT2D eigenvalue weighted by Crippen LogP contribution is 2.33. The number of rotatable bonds is 6. The molecule has 6 heteroatoms. The molecular weight excluding hydrogens is 342 g/mol. The van der Waals surface area contributed by atoms with Crippen molar-refractivity contribution in [3.8, 4) is 17.0 Å². The molecule has 0 aliphatic carbocycles. The molecule has 6 nitrogen and oxygen atoms in total. The molecule has 2 aliphatic heterocycles. The maximum Gasteiger partial charge on any atom is 0.341 e. The predicted octanol–water partition coefficient (Wildman–Crippen LogP) is 2.21. The molecule has 2 aromatic rings. The van der Waals surface area contributed by atoms with E-state index < -0.39 is 5.97 Å². The molecule has 2 unspecified atom stereocenters. The van der Waals surface area contributed by atoms with Crippen molar-refractivity contribution in [1.29, 1.82) is 0 Å². The standard InChI is InChI=1S/C21H25N3O3/c1-23-9-17-12-24(13-18(17)10-23)11-16-8-15(19-4-2-3-7-22-19)5-6-20(16)27-14-21(25)26/h2-8,17-18H,9-14H2,1H3,(H,25,26). The second-order valence-electron chi connectivity index (χ2n) is 7.66. The van der Waals surface area contributed by atoms with Crippen molar-refractivity contribution in [2.24, 2.45) is 11.8 Å². The van der Waals surface area contributed by atoms with E-state index in [1.54, 1.807) is 6.20 Å². The SMILES string of the molecule is CN1CC2CN(Cc3cc(-c4ccccn4)ccc3OCC(=O)O)CC2C1. The Bertz CT molecular complexity index is 798. The van der Waals surface area contributed by atoms with Crippen LogP contribution in [0.2, 0.25) is 0 Å². The fraction of sp³-hybridized carbons (Fsp3) is 0.429. The van der Waals surface area contributed by atoms with Crippen LogP contribution in [0.15, 0.2) is 42.6 Å². The van der Waals surface area contributed by atoms with Gasteiger partial charge >= 0.3 is 5.97 Å². The van der Waals surface area contributed by atoms with Crippen LogP contribution in [-0.2, 0) is 11.3 Å². The van der Waals surface area contributed by atoms with Crippen LogP contribution in [0, 0.1) is 11.8 Å². The van der Waals surface area contributed by atoms with Crippen molar-refractivity contribution in [2.45, 2.75) is 6.54 Å². The molecule has 1 aromatic heterocycles. The first kappa shape index (κ1) is 17.9. The Morgan fingerprint density at radius 2 is 1.96 bits per heavy atom. The summed E-state index contributed by atoms with van der Waals surface area (Å²) in [6.45, 7) is 4.94. The molecule has 1 N–H and O–H groups in total. The maximum atomic E-state index is 10.9. The van der Waals surface area contributed by atoms with Crippen LogP contribution in [0.4, 0.5) is 0 Å². The van der Waals surface area contributed by atoms with Crippen LogP contribution in [-0.4, -0.2) is 65.7 Å². The summed E-state index contributed by atoms with van der Waals surface area (Å²) in [7, 11) is 2.19. The topological polar surface area (TPSA) is 65.9 Å². The van der Waals surface area contributed by atoms with Crippen molar-refractivity contribution in [2.75, 3.05) is 39.8 Å². The van der Waals surface area contributed by atoms with E-state index in [0.29, 0.717) is 5.75 Å². The Balaban J connectivity index is 1.55. The van der Waals surface area contributed by atoms with E-state index in [1.807, 2.05) is 30.3 Å². The zero-order valence-corrected chi connectivity index (χ0v) is 15.5. The lowest BCUT2D eigenvalue weighted by molar-refractivity contribution is -0.139. The minimum absolute atomic E-state index is 0.327. The van der Waals surface area contributed by atoms with Gasteiger partial charge in [-0.15, -0.1) is 0 Å². The number of benzene rings is 1. The van der Waals surface area contributed by atoms with Crippen molar-refractivity contribution in [1.82, 2.24) is 14.8 Å². The fourth-order valence-electron chi connectivity index (χ4n) is 4.37. The van der Waals surface area contributed by atoms with Gasteiger partial charge in [0.2, 0.25) is 0 Å². The molecule has 2 saturated heterocycles. The molecular formula is C21H25N3O3. The zero-order valence-electron chi connectivity index (χ0n) is 15.5. The molecule has 0 spiro atoms. The third kappa shape index (κ3) is 4.12. The van der Waals surface area contributed by atoms with Gasteiger partial charge in [0, 0.05) is 50.0 Å². The van der Waals surface area contributed by atoms with E-state index >= 15 is 0 Å². The van der Waals surface area contributed by atoms with Gasteiger partial charge in [0.05, 0.1) is 5.69 Å². The molecule has 2 aliphatic rings. The van der Waals surface area contributed by atoms with Gasteiger partial charge in [-0.25, -0.2) is 4.79 Å². The number of hydrogen-bond acceptors (Lipinski definition) is 5. The number of carbonyl (C=O) groups is 1. The van der Waals surface area contributed by atoms with Crippen LogP contribution in [0.3, 0.4) is 0 Å². The summed E-state index contributed by atoms with van der Waals surface area (Å²) < 4.78 is 5.56. The Hall–Kier alpha value is -2.44. The van der Waals surface area contributed by atoms with Gasteiger partial charge in [0.1, 0.15) is 5.75 Å². The Morgan fingerprint density at radius 3 is 2.63 bits per heavy atom. The summed E-state index contributed by atoms with van der Waals surface area (Å²) in [5.41, 5.74) is 2.95. The maximum absolute atomic E-state index is 10.9. The number of pyridine rings is 1. The summed E-state index contributed by atoms with van der Waals surface area (Å²) in [5.74, 6) is 1.15. The lowest BCUT2D eigenvalue weighted by Gasteiger charge is -2.21.